The summed E-state index contributed by atoms with van der Waals surface area (Å²) in [5.74, 6) is 0.102. The number of nitriles is 1. The van der Waals surface area contributed by atoms with E-state index in [-0.39, 0.29) is 5.91 Å². The molecule has 0 saturated carbocycles. The highest BCUT2D eigenvalue weighted by Gasteiger charge is 2.21. The Labute approximate surface area is 118 Å². The highest BCUT2D eigenvalue weighted by Crippen LogP contribution is 2.16. The van der Waals surface area contributed by atoms with Crippen molar-refractivity contribution in [3.8, 4) is 6.07 Å². The average molecular weight is 278 g/mol. The van der Waals surface area contributed by atoms with Crippen LogP contribution in [0, 0.1) is 11.3 Å². The summed E-state index contributed by atoms with van der Waals surface area (Å²) >= 11 is 6.06. The fourth-order valence-corrected chi connectivity index (χ4v) is 2.37. The van der Waals surface area contributed by atoms with Crippen molar-refractivity contribution < 1.29 is 4.79 Å². The molecule has 0 unspecified atom stereocenters. The summed E-state index contributed by atoms with van der Waals surface area (Å²) in [5, 5.41) is 9.27. The lowest BCUT2D eigenvalue weighted by atomic mass is 10.1. The molecule has 0 N–H and O–H groups in total. The number of hydrogen-bond acceptors (Lipinski definition) is 3. The first-order valence-electron chi connectivity index (χ1n) is 6.31. The topological polar surface area (TPSA) is 47.3 Å². The number of amides is 1. The smallest absolute Gasteiger partial charge is 0.227 e. The van der Waals surface area contributed by atoms with E-state index < -0.39 is 0 Å². The number of carbonyl (C=O) groups excluding carboxylic acids is 1. The zero-order valence-corrected chi connectivity index (χ0v) is 11.4. The average Bonchev–Trinajstić information content (AvgIpc) is 2.42. The number of halogens is 1. The van der Waals surface area contributed by atoms with Gasteiger partial charge in [0.1, 0.15) is 0 Å². The zero-order chi connectivity index (χ0) is 13.7. The molecule has 100 valence electrons. The van der Waals surface area contributed by atoms with Gasteiger partial charge in [-0.05, 0) is 11.6 Å². The van der Waals surface area contributed by atoms with Gasteiger partial charge in [-0.25, -0.2) is 0 Å². The molecule has 2 rings (SSSR count). The molecule has 0 aliphatic carbocycles. The summed E-state index contributed by atoms with van der Waals surface area (Å²) in [6, 6.07) is 9.56. The fraction of sp³-hybridized carbons (Fsp3) is 0.429. The predicted octanol–water partition coefficient (Wildman–Crippen LogP) is 1.55. The minimum absolute atomic E-state index is 0.102. The van der Waals surface area contributed by atoms with Crippen molar-refractivity contribution in [3.63, 3.8) is 0 Å². The van der Waals surface area contributed by atoms with Crippen LogP contribution in [0.5, 0.6) is 0 Å². The zero-order valence-electron chi connectivity index (χ0n) is 10.7. The Morgan fingerprint density at radius 1 is 1.26 bits per heavy atom. The first kappa shape index (κ1) is 13.9. The fourth-order valence-electron chi connectivity index (χ4n) is 2.17. The quantitative estimate of drug-likeness (QED) is 0.788. The summed E-state index contributed by atoms with van der Waals surface area (Å²) < 4.78 is 0. The molecule has 0 spiro atoms. The van der Waals surface area contributed by atoms with Crippen LogP contribution in [0.2, 0.25) is 5.02 Å². The van der Waals surface area contributed by atoms with Gasteiger partial charge in [0.15, 0.2) is 0 Å². The van der Waals surface area contributed by atoms with E-state index in [1.165, 1.54) is 0 Å². The largest absolute Gasteiger partial charge is 0.340 e. The van der Waals surface area contributed by atoms with Crippen LogP contribution in [0.3, 0.4) is 0 Å². The second kappa shape index (κ2) is 6.55. The molecule has 1 heterocycles. The van der Waals surface area contributed by atoms with Gasteiger partial charge in [-0.3, -0.25) is 9.69 Å². The van der Waals surface area contributed by atoms with Crippen molar-refractivity contribution in [1.82, 2.24) is 9.80 Å². The molecule has 5 heteroatoms. The van der Waals surface area contributed by atoms with Gasteiger partial charge in [-0.2, -0.15) is 5.26 Å². The lowest BCUT2D eigenvalue weighted by Gasteiger charge is -2.33. The van der Waals surface area contributed by atoms with Gasteiger partial charge in [0.05, 0.1) is 19.0 Å². The van der Waals surface area contributed by atoms with Crippen molar-refractivity contribution >= 4 is 17.5 Å². The third-order valence-electron chi connectivity index (χ3n) is 3.32. The maximum atomic E-state index is 12.2. The maximum absolute atomic E-state index is 12.2. The second-order valence-corrected chi connectivity index (χ2v) is 4.99. The van der Waals surface area contributed by atoms with Crippen LogP contribution in [0.25, 0.3) is 0 Å². The number of hydrogen-bond donors (Lipinski definition) is 0. The van der Waals surface area contributed by atoms with E-state index in [0.29, 0.717) is 31.1 Å². The summed E-state index contributed by atoms with van der Waals surface area (Å²) in [7, 11) is 0. The molecule has 19 heavy (non-hydrogen) atoms. The maximum Gasteiger partial charge on any atom is 0.227 e. The molecule has 1 amide bonds. The highest BCUT2D eigenvalue weighted by molar-refractivity contribution is 6.31. The summed E-state index contributed by atoms with van der Waals surface area (Å²) in [6.07, 6.45) is 0.345. The number of piperazine rings is 1. The van der Waals surface area contributed by atoms with E-state index in [0.717, 1.165) is 18.7 Å². The van der Waals surface area contributed by atoms with E-state index in [1.807, 2.05) is 23.1 Å². The summed E-state index contributed by atoms with van der Waals surface area (Å²) in [6.45, 7) is 3.34. The Morgan fingerprint density at radius 3 is 2.58 bits per heavy atom. The lowest BCUT2D eigenvalue weighted by Crippen LogP contribution is -2.49. The Kier molecular flexibility index (Phi) is 4.78. The van der Waals surface area contributed by atoms with E-state index in [9.17, 15) is 4.79 Å². The summed E-state index contributed by atoms with van der Waals surface area (Å²) in [5.41, 5.74) is 0.869. The monoisotopic (exact) mass is 277 g/mol. The molecule has 0 radical (unpaired) electrons. The predicted molar refractivity (Wildman–Crippen MR) is 73.8 cm³/mol. The summed E-state index contributed by atoms with van der Waals surface area (Å²) in [4.78, 5) is 16.1. The van der Waals surface area contributed by atoms with E-state index in [2.05, 4.69) is 11.0 Å². The van der Waals surface area contributed by atoms with Crippen LogP contribution in [-0.4, -0.2) is 48.4 Å². The van der Waals surface area contributed by atoms with Crippen LogP contribution in [-0.2, 0) is 11.2 Å². The highest BCUT2D eigenvalue weighted by atomic mass is 35.5. The van der Waals surface area contributed by atoms with Gasteiger partial charge >= 0.3 is 0 Å². The molecular formula is C14H16ClN3O. The van der Waals surface area contributed by atoms with Crippen molar-refractivity contribution in [2.24, 2.45) is 0 Å². The molecule has 0 bridgehead atoms. The molecule has 4 nitrogen and oxygen atoms in total. The molecular weight excluding hydrogens is 262 g/mol. The van der Waals surface area contributed by atoms with Gasteiger partial charge in [0.25, 0.3) is 0 Å². The second-order valence-electron chi connectivity index (χ2n) is 4.58. The molecule has 0 atom stereocenters. The van der Waals surface area contributed by atoms with Crippen LogP contribution in [0.15, 0.2) is 24.3 Å². The minimum atomic E-state index is 0.102. The van der Waals surface area contributed by atoms with Crippen LogP contribution >= 0.6 is 11.6 Å². The first-order chi connectivity index (χ1) is 9.20. The number of nitrogens with zero attached hydrogens (tertiary/aromatic N) is 3. The minimum Gasteiger partial charge on any atom is -0.340 e. The molecule has 1 fully saturated rings. The lowest BCUT2D eigenvalue weighted by molar-refractivity contribution is -0.132. The van der Waals surface area contributed by atoms with Gasteiger partial charge in [-0.1, -0.05) is 29.8 Å². The van der Waals surface area contributed by atoms with Gasteiger partial charge < -0.3 is 4.90 Å². The van der Waals surface area contributed by atoms with Crippen molar-refractivity contribution in [1.29, 1.82) is 5.26 Å². The van der Waals surface area contributed by atoms with Gasteiger partial charge in [0, 0.05) is 31.2 Å². The molecule has 1 saturated heterocycles. The third kappa shape index (κ3) is 3.69. The van der Waals surface area contributed by atoms with Gasteiger partial charge in [0.2, 0.25) is 5.91 Å². The van der Waals surface area contributed by atoms with E-state index >= 15 is 0 Å². The third-order valence-corrected chi connectivity index (χ3v) is 3.69. The Hall–Kier alpha value is -1.57. The van der Waals surface area contributed by atoms with Crippen LogP contribution < -0.4 is 0 Å². The normalized spacial score (nSPS) is 16.1. The standard InChI is InChI=1S/C14H16ClN3O/c15-13-4-2-1-3-12(13)11-14(19)18-9-7-17(6-5-16)8-10-18/h1-4H,6-11H2. The van der Waals surface area contributed by atoms with E-state index in [1.54, 1.807) is 6.07 Å². The Balaban J connectivity index is 1.89. The Morgan fingerprint density at radius 2 is 1.95 bits per heavy atom. The molecule has 1 aromatic rings. The number of rotatable bonds is 3. The van der Waals surface area contributed by atoms with Crippen molar-refractivity contribution in [2.45, 2.75) is 6.42 Å². The first-order valence-corrected chi connectivity index (χ1v) is 6.69. The molecule has 1 aliphatic rings. The van der Waals surface area contributed by atoms with Gasteiger partial charge in [-0.15, -0.1) is 0 Å². The molecule has 1 aliphatic heterocycles. The van der Waals surface area contributed by atoms with Crippen molar-refractivity contribution in [2.75, 3.05) is 32.7 Å². The van der Waals surface area contributed by atoms with Crippen LogP contribution in [0.1, 0.15) is 5.56 Å². The van der Waals surface area contributed by atoms with Crippen molar-refractivity contribution in [3.05, 3.63) is 34.9 Å². The molecule has 1 aromatic carbocycles. The SMILES string of the molecule is N#CCN1CCN(C(=O)Cc2ccccc2Cl)CC1. The number of carbonyl (C=O) groups is 1. The molecule has 0 aromatic heterocycles. The van der Waals surface area contributed by atoms with Crippen LogP contribution in [0.4, 0.5) is 0 Å². The Bertz CT molecular complexity index is 490. The number of benzene rings is 1. The van der Waals surface area contributed by atoms with E-state index in [4.69, 9.17) is 16.9 Å².